The van der Waals surface area contributed by atoms with Crippen molar-refractivity contribution in [2.45, 2.75) is 13.0 Å². The third-order valence-electron chi connectivity index (χ3n) is 2.83. The quantitative estimate of drug-likeness (QED) is 0.808. The second-order valence-corrected chi connectivity index (χ2v) is 4.15. The van der Waals surface area contributed by atoms with Crippen molar-refractivity contribution < 1.29 is 14.6 Å². The van der Waals surface area contributed by atoms with Gasteiger partial charge in [-0.25, -0.2) is 0 Å². The molecule has 19 heavy (non-hydrogen) atoms. The Hall–Kier alpha value is -2.13. The van der Waals surface area contributed by atoms with Gasteiger partial charge in [-0.15, -0.1) is 0 Å². The number of aliphatic hydroxyl groups is 1. The van der Waals surface area contributed by atoms with Crippen molar-refractivity contribution in [1.29, 1.82) is 0 Å². The monoisotopic (exact) mass is 256 g/mol. The first kappa shape index (κ1) is 13.3. The van der Waals surface area contributed by atoms with Crippen molar-refractivity contribution in [3.05, 3.63) is 65.7 Å². The summed E-state index contributed by atoms with van der Waals surface area (Å²) in [6.45, 7) is 0.244. The topological polar surface area (TPSA) is 46.5 Å². The van der Waals surface area contributed by atoms with Crippen LogP contribution in [0.25, 0.3) is 0 Å². The minimum atomic E-state index is -0.0667. The van der Waals surface area contributed by atoms with Gasteiger partial charge in [0.2, 0.25) is 0 Å². The Bertz CT molecular complexity index is 535. The van der Waals surface area contributed by atoms with Crippen molar-refractivity contribution in [3.8, 4) is 5.75 Å². The maximum atomic E-state index is 11.9. The van der Waals surface area contributed by atoms with Gasteiger partial charge in [-0.1, -0.05) is 48.5 Å². The Morgan fingerprint density at radius 2 is 1.68 bits per heavy atom. The summed E-state index contributed by atoms with van der Waals surface area (Å²) in [5, 5.41) is 9.16. The smallest absolute Gasteiger partial charge is 0.166 e. The molecule has 0 aliphatic carbocycles. The van der Waals surface area contributed by atoms with E-state index in [1.54, 1.807) is 24.3 Å². The van der Waals surface area contributed by atoms with Crippen LogP contribution in [0, 0.1) is 0 Å². The number of rotatable bonds is 6. The lowest BCUT2D eigenvalue weighted by atomic mass is 10.1. The van der Waals surface area contributed by atoms with E-state index in [-0.39, 0.29) is 12.4 Å². The second kappa shape index (κ2) is 6.71. The van der Waals surface area contributed by atoms with Crippen LogP contribution in [-0.2, 0) is 6.61 Å². The highest BCUT2D eigenvalue weighted by atomic mass is 16.5. The van der Waals surface area contributed by atoms with Gasteiger partial charge in [-0.2, -0.15) is 0 Å². The van der Waals surface area contributed by atoms with E-state index in [1.165, 1.54) is 0 Å². The molecule has 3 heteroatoms. The Morgan fingerprint density at radius 3 is 2.42 bits per heavy atom. The van der Waals surface area contributed by atoms with Gasteiger partial charge in [-0.05, 0) is 6.07 Å². The van der Waals surface area contributed by atoms with Crippen LogP contribution in [0.15, 0.2) is 54.6 Å². The molecule has 2 rings (SSSR count). The van der Waals surface area contributed by atoms with Crippen molar-refractivity contribution in [2.24, 2.45) is 0 Å². The van der Waals surface area contributed by atoms with E-state index in [9.17, 15) is 4.79 Å². The highest BCUT2D eigenvalue weighted by molar-refractivity contribution is 5.96. The molecular formula is C16H16O3. The first-order valence-electron chi connectivity index (χ1n) is 6.21. The lowest BCUT2D eigenvalue weighted by molar-refractivity contribution is 0.0961. The Morgan fingerprint density at radius 1 is 1.00 bits per heavy atom. The summed E-state index contributed by atoms with van der Waals surface area (Å²) >= 11 is 0. The number of ketones is 1. The van der Waals surface area contributed by atoms with Crippen LogP contribution in [0.5, 0.6) is 5.75 Å². The van der Waals surface area contributed by atoms with E-state index in [4.69, 9.17) is 9.84 Å². The van der Waals surface area contributed by atoms with Crippen LogP contribution in [0.4, 0.5) is 0 Å². The van der Waals surface area contributed by atoms with Gasteiger partial charge in [0.15, 0.2) is 5.78 Å². The zero-order chi connectivity index (χ0) is 13.5. The van der Waals surface area contributed by atoms with Crippen LogP contribution < -0.4 is 4.74 Å². The highest BCUT2D eigenvalue weighted by Gasteiger charge is 2.06. The number of Topliss-reactive ketones (excluding diaryl/α,β-unsaturated/α-hetero) is 1. The maximum Gasteiger partial charge on any atom is 0.166 e. The highest BCUT2D eigenvalue weighted by Crippen LogP contribution is 2.18. The summed E-state index contributed by atoms with van der Waals surface area (Å²) < 4.78 is 5.54. The molecule has 0 aliphatic rings. The van der Waals surface area contributed by atoms with Crippen molar-refractivity contribution in [1.82, 2.24) is 0 Å². The Kier molecular flexibility index (Phi) is 4.70. The lowest BCUT2D eigenvalue weighted by Gasteiger charge is -2.09. The van der Waals surface area contributed by atoms with Gasteiger partial charge in [0.25, 0.3) is 0 Å². The standard InChI is InChI=1S/C16H16O3/c17-12-14-8-4-5-9-16(14)19-11-10-15(18)13-6-2-1-3-7-13/h1-9,17H,10-12H2. The average molecular weight is 256 g/mol. The molecule has 0 radical (unpaired) electrons. The van der Waals surface area contributed by atoms with Gasteiger partial charge in [-0.3, -0.25) is 4.79 Å². The van der Waals surface area contributed by atoms with Crippen LogP contribution in [0.1, 0.15) is 22.3 Å². The summed E-state index contributed by atoms with van der Waals surface area (Å²) in [4.78, 5) is 11.9. The van der Waals surface area contributed by atoms with E-state index < -0.39 is 0 Å². The summed E-state index contributed by atoms with van der Waals surface area (Å²) in [5.74, 6) is 0.688. The first-order valence-corrected chi connectivity index (χ1v) is 6.21. The molecule has 0 heterocycles. The van der Waals surface area contributed by atoms with Crippen molar-refractivity contribution in [2.75, 3.05) is 6.61 Å². The van der Waals surface area contributed by atoms with E-state index in [1.807, 2.05) is 30.3 Å². The molecular weight excluding hydrogens is 240 g/mol. The molecule has 0 fully saturated rings. The molecule has 0 spiro atoms. The fourth-order valence-electron chi connectivity index (χ4n) is 1.80. The minimum absolute atomic E-state index is 0.0575. The number of hydrogen-bond acceptors (Lipinski definition) is 3. The molecule has 1 N–H and O–H groups in total. The average Bonchev–Trinajstić information content (AvgIpc) is 2.48. The van der Waals surface area contributed by atoms with Crippen LogP contribution >= 0.6 is 0 Å². The van der Waals surface area contributed by atoms with Crippen LogP contribution in [0.3, 0.4) is 0 Å². The summed E-state index contributed by atoms with van der Waals surface area (Å²) in [6, 6.07) is 16.4. The molecule has 0 atom stereocenters. The normalized spacial score (nSPS) is 10.2. The molecule has 0 saturated carbocycles. The molecule has 0 aliphatic heterocycles. The molecule has 0 aromatic heterocycles. The molecule has 2 aromatic carbocycles. The number of hydrogen-bond donors (Lipinski definition) is 1. The first-order chi connectivity index (χ1) is 9.31. The van der Waals surface area contributed by atoms with E-state index in [2.05, 4.69) is 0 Å². The van der Waals surface area contributed by atoms with E-state index in [0.29, 0.717) is 24.3 Å². The summed E-state index contributed by atoms with van der Waals surface area (Å²) in [7, 11) is 0. The maximum absolute atomic E-state index is 11.9. The van der Waals surface area contributed by atoms with E-state index in [0.717, 1.165) is 5.56 Å². The van der Waals surface area contributed by atoms with E-state index >= 15 is 0 Å². The zero-order valence-corrected chi connectivity index (χ0v) is 10.6. The van der Waals surface area contributed by atoms with Gasteiger partial charge in [0.1, 0.15) is 5.75 Å². The Labute approximate surface area is 112 Å². The van der Waals surface area contributed by atoms with Crippen molar-refractivity contribution in [3.63, 3.8) is 0 Å². The number of carbonyl (C=O) groups is 1. The zero-order valence-electron chi connectivity index (χ0n) is 10.6. The van der Waals surface area contributed by atoms with Crippen molar-refractivity contribution >= 4 is 5.78 Å². The number of carbonyl (C=O) groups excluding carboxylic acids is 1. The largest absolute Gasteiger partial charge is 0.493 e. The molecule has 3 nitrogen and oxygen atoms in total. The van der Waals surface area contributed by atoms with Gasteiger partial charge in [0.05, 0.1) is 13.2 Å². The number of ether oxygens (including phenoxy) is 1. The van der Waals surface area contributed by atoms with Crippen LogP contribution in [-0.4, -0.2) is 17.5 Å². The second-order valence-electron chi connectivity index (χ2n) is 4.15. The van der Waals surface area contributed by atoms with Gasteiger partial charge < -0.3 is 9.84 Å². The molecule has 0 unspecified atom stereocenters. The minimum Gasteiger partial charge on any atom is -0.493 e. The Balaban J connectivity index is 1.88. The molecule has 2 aromatic rings. The molecule has 0 amide bonds. The lowest BCUT2D eigenvalue weighted by Crippen LogP contribution is -2.07. The third-order valence-corrected chi connectivity index (χ3v) is 2.83. The fourth-order valence-corrected chi connectivity index (χ4v) is 1.80. The SMILES string of the molecule is O=C(CCOc1ccccc1CO)c1ccccc1. The van der Waals surface area contributed by atoms with Gasteiger partial charge >= 0.3 is 0 Å². The fraction of sp³-hybridized carbons (Fsp3) is 0.188. The molecule has 0 bridgehead atoms. The summed E-state index contributed by atoms with van der Waals surface area (Å²) in [6.07, 6.45) is 0.323. The van der Waals surface area contributed by atoms with Gasteiger partial charge in [0, 0.05) is 17.5 Å². The molecule has 98 valence electrons. The number of aliphatic hydroxyl groups excluding tert-OH is 1. The molecule has 0 saturated heterocycles. The number of para-hydroxylation sites is 1. The third kappa shape index (κ3) is 3.66. The predicted octanol–water partition coefficient (Wildman–Crippen LogP) is 2.83. The number of benzene rings is 2. The van der Waals surface area contributed by atoms with Crippen LogP contribution in [0.2, 0.25) is 0 Å². The predicted molar refractivity (Wildman–Crippen MR) is 73.2 cm³/mol. The summed E-state index contributed by atoms with van der Waals surface area (Å²) in [5.41, 5.74) is 1.43.